The number of fused-ring (bicyclic) bond motifs is 2. The smallest absolute Gasteiger partial charge is 0.268 e. The molecule has 152 valence electrons. The predicted molar refractivity (Wildman–Crippen MR) is 126 cm³/mol. The number of aryl methyl sites for hydroxylation is 3. The fourth-order valence-corrected chi connectivity index (χ4v) is 5.43. The molecule has 0 aliphatic carbocycles. The molecule has 5 aromatic rings. The maximum Gasteiger partial charge on any atom is 0.272 e. The quantitative estimate of drug-likeness (QED) is 0.381. The topological polar surface area (TPSA) is 67.9 Å². The molecule has 1 N–H and O–H groups in total. The minimum absolute atomic E-state index is 0.178. The Labute approximate surface area is 182 Å². The van der Waals surface area contributed by atoms with Crippen molar-refractivity contribution in [3.05, 3.63) is 75.6 Å². The number of H-pyrrole nitrogens is 1. The zero-order chi connectivity index (χ0) is 21.7. The van der Waals surface area contributed by atoms with Crippen LogP contribution in [0.4, 0.5) is 5.69 Å². The van der Waals surface area contributed by atoms with Crippen LogP contribution in [0.1, 0.15) is 18.2 Å². The maximum atomic E-state index is 12.4. The Balaban J connectivity index is 1.82. The Hall–Kier alpha value is -3.76. The number of benzene rings is 2. The second-order valence-corrected chi connectivity index (χ2v) is 8.54. The number of nitrogens with one attached hydrogen (secondary N) is 1. The number of aromatic nitrogens is 4. The van der Waals surface area contributed by atoms with Gasteiger partial charge in [-0.05, 0) is 42.0 Å². The van der Waals surface area contributed by atoms with Crippen LogP contribution in [0.25, 0.3) is 47.4 Å². The van der Waals surface area contributed by atoms with Gasteiger partial charge in [-0.3, -0.25) is 9.48 Å². The molecule has 0 saturated carbocycles. The molecule has 2 aromatic carbocycles. The van der Waals surface area contributed by atoms with E-state index in [1.54, 1.807) is 11.3 Å². The molecule has 0 saturated heterocycles. The van der Waals surface area contributed by atoms with Gasteiger partial charge in [-0.1, -0.05) is 31.2 Å². The van der Waals surface area contributed by atoms with Crippen LogP contribution in [-0.2, 0) is 13.5 Å². The third-order valence-electron chi connectivity index (χ3n) is 5.65. The number of nitrogens with zero attached hydrogens (tertiary/aromatic N) is 4. The third kappa shape index (κ3) is 2.87. The molecular formula is C24H19N5OS. The van der Waals surface area contributed by atoms with Crippen LogP contribution < -0.4 is 5.56 Å². The molecule has 0 amide bonds. The summed E-state index contributed by atoms with van der Waals surface area (Å²) < 4.78 is 2.90. The molecule has 0 aliphatic rings. The molecule has 0 fully saturated rings. The number of rotatable bonds is 3. The summed E-state index contributed by atoms with van der Waals surface area (Å²) in [4.78, 5) is 17.2. The van der Waals surface area contributed by atoms with E-state index in [0.717, 1.165) is 48.4 Å². The predicted octanol–water partition coefficient (Wildman–Crippen LogP) is 5.63. The van der Waals surface area contributed by atoms with E-state index in [-0.39, 0.29) is 5.56 Å². The molecule has 6 nitrogen and oxygen atoms in total. The lowest BCUT2D eigenvalue weighted by Gasteiger charge is -2.10. The van der Waals surface area contributed by atoms with E-state index in [1.165, 1.54) is 0 Å². The van der Waals surface area contributed by atoms with Gasteiger partial charge in [0, 0.05) is 22.7 Å². The molecule has 0 atom stereocenters. The first-order valence-corrected chi connectivity index (χ1v) is 10.8. The summed E-state index contributed by atoms with van der Waals surface area (Å²) in [5.41, 5.74) is 5.02. The van der Waals surface area contributed by atoms with E-state index in [4.69, 9.17) is 6.57 Å². The molecule has 3 aromatic heterocycles. The largest absolute Gasteiger partial charge is 0.272 e. The summed E-state index contributed by atoms with van der Waals surface area (Å²) in [6, 6.07) is 12.0. The molecule has 0 radical (unpaired) electrons. The highest BCUT2D eigenvalue weighted by Crippen LogP contribution is 2.47. The van der Waals surface area contributed by atoms with E-state index >= 15 is 0 Å². The minimum atomic E-state index is -0.178. The van der Waals surface area contributed by atoms with Gasteiger partial charge in [-0.2, -0.15) is 10.2 Å². The van der Waals surface area contributed by atoms with Crippen molar-refractivity contribution in [3.63, 3.8) is 0 Å². The molecule has 0 aliphatic heterocycles. The van der Waals surface area contributed by atoms with Crippen LogP contribution >= 0.6 is 11.3 Å². The molecule has 0 bridgehead atoms. The van der Waals surface area contributed by atoms with Gasteiger partial charge in [0.25, 0.3) is 5.56 Å². The van der Waals surface area contributed by atoms with E-state index in [2.05, 4.69) is 20.1 Å². The Morgan fingerprint density at radius 3 is 2.81 bits per heavy atom. The molecule has 0 spiro atoms. The van der Waals surface area contributed by atoms with Crippen molar-refractivity contribution in [3.8, 4) is 21.7 Å². The zero-order valence-corrected chi connectivity index (χ0v) is 18.2. The third-order valence-corrected chi connectivity index (χ3v) is 6.81. The first-order valence-electron chi connectivity index (χ1n) is 9.97. The summed E-state index contributed by atoms with van der Waals surface area (Å²) in [6.45, 7) is 11.8. The van der Waals surface area contributed by atoms with Gasteiger partial charge >= 0.3 is 0 Å². The van der Waals surface area contributed by atoms with E-state index in [9.17, 15) is 4.79 Å². The van der Waals surface area contributed by atoms with Crippen molar-refractivity contribution < 1.29 is 0 Å². The van der Waals surface area contributed by atoms with Gasteiger partial charge in [0.15, 0.2) is 0 Å². The van der Waals surface area contributed by atoms with Crippen molar-refractivity contribution in [2.75, 3.05) is 0 Å². The lowest BCUT2D eigenvalue weighted by Crippen LogP contribution is -2.12. The lowest BCUT2D eigenvalue weighted by atomic mass is 9.96. The molecule has 31 heavy (non-hydrogen) atoms. The number of hydrogen-bond acceptors (Lipinski definition) is 4. The van der Waals surface area contributed by atoms with Crippen molar-refractivity contribution in [1.29, 1.82) is 0 Å². The standard InChI is InChI=1S/C24H19N5OS/c1-5-18-16-11-14(10-13(2)20(16)24(30)28-27-18)17-12-26-29(4)22(17)23-21(25-3)15-8-6-7-9-19(15)31-23/h6-12H,5H2,1-2,4H3,(H,28,30). The van der Waals surface area contributed by atoms with E-state index < -0.39 is 0 Å². The summed E-state index contributed by atoms with van der Waals surface area (Å²) in [5, 5.41) is 13.9. The lowest BCUT2D eigenvalue weighted by molar-refractivity contribution is 0.777. The normalized spacial score (nSPS) is 11.3. The molecule has 3 heterocycles. The highest BCUT2D eigenvalue weighted by Gasteiger charge is 2.22. The van der Waals surface area contributed by atoms with E-state index in [0.29, 0.717) is 17.5 Å². The van der Waals surface area contributed by atoms with Crippen molar-refractivity contribution in [1.82, 2.24) is 20.0 Å². The Kier molecular flexibility index (Phi) is 4.45. The fourth-order valence-electron chi connectivity index (χ4n) is 4.20. The summed E-state index contributed by atoms with van der Waals surface area (Å²) in [7, 11) is 1.90. The van der Waals surface area contributed by atoms with Crippen LogP contribution in [0.3, 0.4) is 0 Å². The van der Waals surface area contributed by atoms with E-state index in [1.807, 2.05) is 68.2 Å². The summed E-state index contributed by atoms with van der Waals surface area (Å²) >= 11 is 1.61. The Morgan fingerprint density at radius 2 is 2.03 bits per heavy atom. The van der Waals surface area contributed by atoms with Crippen LogP contribution in [0, 0.1) is 13.5 Å². The van der Waals surface area contributed by atoms with Crippen LogP contribution in [0.15, 0.2) is 47.4 Å². The molecule has 5 rings (SSSR count). The SMILES string of the molecule is [C-]#[N+]c1c(-c2c(-c3cc(C)c4c(=O)[nH]nc(CC)c4c3)cnn2C)sc2ccccc12. The second kappa shape index (κ2) is 7.18. The highest BCUT2D eigenvalue weighted by molar-refractivity contribution is 7.23. The molecule has 0 unspecified atom stereocenters. The van der Waals surface area contributed by atoms with Gasteiger partial charge in [0.2, 0.25) is 5.69 Å². The summed E-state index contributed by atoms with van der Waals surface area (Å²) in [6.07, 6.45) is 2.55. The Morgan fingerprint density at radius 1 is 1.23 bits per heavy atom. The number of aromatic amines is 1. The monoisotopic (exact) mass is 425 g/mol. The minimum Gasteiger partial charge on any atom is -0.268 e. The second-order valence-electron chi connectivity index (χ2n) is 7.49. The number of thiophene rings is 1. The fraction of sp³-hybridized carbons (Fsp3) is 0.167. The van der Waals surface area contributed by atoms with Crippen LogP contribution in [0.5, 0.6) is 0 Å². The Bertz CT molecular complexity index is 1580. The highest BCUT2D eigenvalue weighted by atomic mass is 32.1. The first kappa shape index (κ1) is 19.2. The van der Waals surface area contributed by atoms with Gasteiger partial charge in [-0.25, -0.2) is 9.94 Å². The number of hydrogen-bond donors (Lipinski definition) is 1. The summed E-state index contributed by atoms with van der Waals surface area (Å²) in [5.74, 6) is 0. The van der Waals surface area contributed by atoms with Gasteiger partial charge in [0.1, 0.15) is 0 Å². The average molecular weight is 426 g/mol. The van der Waals surface area contributed by atoms with Gasteiger partial charge in [0.05, 0.1) is 34.4 Å². The average Bonchev–Trinajstić information content (AvgIpc) is 3.33. The van der Waals surface area contributed by atoms with Gasteiger partial charge < -0.3 is 0 Å². The van der Waals surface area contributed by atoms with Gasteiger partial charge in [-0.15, -0.1) is 11.3 Å². The molecular weight excluding hydrogens is 406 g/mol. The zero-order valence-electron chi connectivity index (χ0n) is 17.4. The first-order chi connectivity index (χ1) is 15.0. The van der Waals surface area contributed by atoms with Crippen molar-refractivity contribution in [2.45, 2.75) is 20.3 Å². The molecule has 7 heteroatoms. The van der Waals surface area contributed by atoms with Crippen LogP contribution in [0.2, 0.25) is 0 Å². The van der Waals surface area contributed by atoms with Crippen molar-refractivity contribution in [2.24, 2.45) is 7.05 Å². The maximum absolute atomic E-state index is 12.4. The van der Waals surface area contributed by atoms with Crippen molar-refractivity contribution >= 4 is 37.9 Å². The van der Waals surface area contributed by atoms with Crippen LogP contribution in [-0.4, -0.2) is 20.0 Å².